The predicted molar refractivity (Wildman–Crippen MR) is 164 cm³/mol. The molecule has 4 rings (SSSR count). The van der Waals surface area contributed by atoms with E-state index in [0.29, 0.717) is 23.6 Å². The minimum absolute atomic E-state index is 0.270. The molecule has 4 aromatic rings. The molecule has 0 bridgehead atoms. The average Bonchev–Trinajstić information content (AvgIpc) is 2.81. The Hall–Kier alpha value is -0.610. The third kappa shape index (κ3) is 7.49. The van der Waals surface area contributed by atoms with Crippen molar-refractivity contribution in [2.45, 2.75) is 6.42 Å². The Bertz CT molecular complexity index is 1320. The fraction of sp³-hybridized carbons (Fsp3) is 0.0400. The number of benzene rings is 4. The number of phosphoric ester groups is 1. The second-order valence-electron chi connectivity index (χ2n) is 7.42. The first-order chi connectivity index (χ1) is 17.1. The van der Waals surface area contributed by atoms with Crippen molar-refractivity contribution >= 4 is 103 Å². The predicted octanol–water partition coefficient (Wildman–Crippen LogP) is 11.5. The van der Waals surface area contributed by atoms with E-state index in [-0.39, 0.29) is 11.5 Å². The number of hydrogen-bond donors (Lipinski definition) is 0. The lowest BCUT2D eigenvalue weighted by Crippen LogP contribution is -2.09. The second-order valence-corrected chi connectivity index (χ2v) is 14.1. The summed E-state index contributed by atoms with van der Waals surface area (Å²) in [4.78, 5) is 0. The maximum Gasteiger partial charge on any atom is 0.647 e. The Morgan fingerprint density at radius 3 is 1.42 bits per heavy atom. The van der Waals surface area contributed by atoms with Crippen LogP contribution in [0.4, 0.5) is 0 Å². The van der Waals surface area contributed by atoms with Crippen LogP contribution >= 0.6 is 103 Å². The Labute approximate surface area is 259 Å². The Balaban J connectivity index is 1.66. The number of phosphoric acid groups is 1. The first-order valence-electron chi connectivity index (χ1n) is 10.2. The summed E-state index contributed by atoms with van der Waals surface area (Å²) in [5.41, 5.74) is 2.28. The molecule has 0 aliphatic carbocycles. The van der Waals surface area contributed by atoms with E-state index >= 15 is 0 Å². The van der Waals surface area contributed by atoms with Crippen LogP contribution in [0.25, 0.3) is 0 Å². The fourth-order valence-corrected chi connectivity index (χ4v) is 9.81. The summed E-state index contributed by atoms with van der Waals surface area (Å²) in [6.07, 6.45) is 0.767. The van der Waals surface area contributed by atoms with Gasteiger partial charge in [-0.1, -0.05) is 74.3 Å². The first-order valence-corrected chi connectivity index (χ1v) is 16.4. The van der Waals surface area contributed by atoms with Gasteiger partial charge in [-0.2, -0.15) is 4.57 Å². The van der Waals surface area contributed by atoms with Crippen LogP contribution in [0.3, 0.4) is 0 Å². The van der Waals surface area contributed by atoms with E-state index in [2.05, 4.69) is 108 Å². The third-order valence-corrected chi connectivity index (χ3v) is 9.24. The smallest absolute Gasteiger partial charge is 0.386 e. The normalized spacial score (nSPS) is 11.3. The largest absolute Gasteiger partial charge is 0.647 e. The van der Waals surface area contributed by atoms with E-state index in [9.17, 15) is 4.57 Å². The Morgan fingerprint density at radius 2 is 0.972 bits per heavy atom. The second kappa shape index (κ2) is 12.5. The van der Waals surface area contributed by atoms with Gasteiger partial charge < -0.3 is 13.6 Å². The van der Waals surface area contributed by atoms with Crippen molar-refractivity contribution in [2.24, 2.45) is 0 Å². The Morgan fingerprint density at radius 1 is 0.556 bits per heavy atom. The topological polar surface area (TPSA) is 44.8 Å². The van der Waals surface area contributed by atoms with Crippen LogP contribution in [0.5, 0.6) is 17.2 Å². The highest BCUT2D eigenvalue weighted by molar-refractivity contribution is 9.12. The van der Waals surface area contributed by atoms with Crippen molar-refractivity contribution in [1.82, 2.24) is 0 Å². The van der Waals surface area contributed by atoms with E-state index in [4.69, 9.17) is 13.6 Å². The number of hydrogen-bond acceptors (Lipinski definition) is 4. The van der Waals surface area contributed by atoms with Crippen molar-refractivity contribution in [3.8, 4) is 17.2 Å². The molecule has 0 radical (unpaired) electrons. The summed E-state index contributed by atoms with van der Waals surface area (Å²) in [5.74, 6) is 0.877. The number of halogens is 6. The van der Waals surface area contributed by atoms with Crippen molar-refractivity contribution in [2.75, 3.05) is 0 Å². The van der Waals surface area contributed by atoms with E-state index in [1.54, 1.807) is 36.4 Å². The zero-order valence-electron chi connectivity index (χ0n) is 18.1. The zero-order valence-corrected chi connectivity index (χ0v) is 28.5. The molecule has 4 aromatic carbocycles. The van der Waals surface area contributed by atoms with Crippen LogP contribution in [0, 0.1) is 0 Å². The van der Waals surface area contributed by atoms with Crippen molar-refractivity contribution in [3.63, 3.8) is 0 Å². The molecule has 0 N–H and O–H groups in total. The highest BCUT2D eigenvalue weighted by Crippen LogP contribution is 2.55. The number of rotatable bonds is 8. The summed E-state index contributed by atoms with van der Waals surface area (Å²) in [5, 5.41) is 0. The standard InChI is InChI=1S/C25H15Br6O4P/c26-17-11-20(28)24(21(29)12-17)34-36(32,35-25-22(30)13-18(27)14-23(25)31)33-19-8-6-16(7-9-19)10-15-4-2-1-3-5-15/h1-9,11-14H,10H2. The fourth-order valence-electron chi connectivity index (χ4n) is 3.14. The highest BCUT2D eigenvalue weighted by Gasteiger charge is 2.36. The molecule has 11 heteroatoms. The summed E-state index contributed by atoms with van der Waals surface area (Å²) in [6, 6.07) is 24.6. The molecule has 4 nitrogen and oxygen atoms in total. The molecule has 0 heterocycles. The van der Waals surface area contributed by atoms with Gasteiger partial charge in [-0.3, -0.25) is 0 Å². The molecular formula is C25H15Br6O4P. The van der Waals surface area contributed by atoms with Gasteiger partial charge in [0, 0.05) is 8.95 Å². The molecule has 0 fully saturated rings. The van der Waals surface area contributed by atoms with Gasteiger partial charge in [0.05, 0.1) is 17.9 Å². The molecular weight excluding hydrogens is 875 g/mol. The lowest BCUT2D eigenvalue weighted by Gasteiger charge is -2.22. The summed E-state index contributed by atoms with van der Waals surface area (Å²) >= 11 is 20.7. The Kier molecular flexibility index (Phi) is 9.86. The van der Waals surface area contributed by atoms with Crippen molar-refractivity contribution in [1.29, 1.82) is 0 Å². The molecule has 186 valence electrons. The first kappa shape index (κ1) is 28.4. The van der Waals surface area contributed by atoms with Gasteiger partial charge in [-0.15, -0.1) is 0 Å². The minimum Gasteiger partial charge on any atom is -0.386 e. The molecule has 0 saturated carbocycles. The molecule has 36 heavy (non-hydrogen) atoms. The quantitative estimate of drug-likeness (QED) is 0.165. The van der Waals surface area contributed by atoms with Gasteiger partial charge in [0.1, 0.15) is 5.75 Å². The monoisotopic (exact) mass is 884 g/mol. The van der Waals surface area contributed by atoms with Crippen molar-refractivity contribution < 1.29 is 18.1 Å². The molecule has 0 spiro atoms. The molecule has 0 unspecified atom stereocenters. The van der Waals surface area contributed by atoms with E-state index < -0.39 is 7.82 Å². The maximum absolute atomic E-state index is 14.1. The molecule has 0 saturated heterocycles. The highest BCUT2D eigenvalue weighted by atomic mass is 79.9. The average molecular weight is 890 g/mol. The lowest BCUT2D eigenvalue weighted by molar-refractivity contribution is 0.296. The van der Waals surface area contributed by atoms with Gasteiger partial charge in [-0.25, -0.2) is 0 Å². The van der Waals surface area contributed by atoms with Crippen LogP contribution in [-0.4, -0.2) is 0 Å². The summed E-state index contributed by atoms with van der Waals surface area (Å²) in [6.45, 7) is 0. The zero-order chi connectivity index (χ0) is 25.9. The molecule has 0 atom stereocenters. The molecule has 0 aliphatic heterocycles. The maximum atomic E-state index is 14.1. The lowest BCUT2D eigenvalue weighted by atomic mass is 10.1. The van der Waals surface area contributed by atoms with E-state index in [1.165, 1.54) is 5.56 Å². The van der Waals surface area contributed by atoms with Gasteiger partial charge in [-0.05, 0) is 118 Å². The van der Waals surface area contributed by atoms with E-state index in [1.807, 2.05) is 30.3 Å². The third-order valence-electron chi connectivity index (χ3n) is 4.72. The van der Waals surface area contributed by atoms with Crippen LogP contribution in [0.15, 0.2) is 106 Å². The van der Waals surface area contributed by atoms with Gasteiger partial charge in [0.25, 0.3) is 0 Å². The van der Waals surface area contributed by atoms with Crippen molar-refractivity contribution in [3.05, 3.63) is 117 Å². The SMILES string of the molecule is O=P(Oc1ccc(Cc2ccccc2)cc1)(Oc1c(Br)cc(Br)cc1Br)Oc1c(Br)cc(Br)cc1Br. The van der Waals surface area contributed by atoms with Gasteiger partial charge in [0.15, 0.2) is 11.5 Å². The van der Waals surface area contributed by atoms with Gasteiger partial charge >= 0.3 is 7.82 Å². The van der Waals surface area contributed by atoms with E-state index in [0.717, 1.165) is 20.9 Å². The molecule has 0 aliphatic rings. The summed E-state index contributed by atoms with van der Waals surface area (Å²) in [7, 11) is -4.26. The molecule has 0 amide bonds. The summed E-state index contributed by atoms with van der Waals surface area (Å²) < 4.78 is 35.7. The van der Waals surface area contributed by atoms with Crippen LogP contribution < -0.4 is 13.6 Å². The van der Waals surface area contributed by atoms with Crippen LogP contribution in [-0.2, 0) is 11.0 Å². The minimum atomic E-state index is -4.26. The molecule has 0 aromatic heterocycles. The van der Waals surface area contributed by atoms with Gasteiger partial charge in [0.2, 0.25) is 0 Å². The van der Waals surface area contributed by atoms with Crippen LogP contribution in [0.1, 0.15) is 11.1 Å². The van der Waals surface area contributed by atoms with Crippen LogP contribution in [0.2, 0.25) is 0 Å².